The summed E-state index contributed by atoms with van der Waals surface area (Å²) in [6, 6.07) is 13.3. The number of methoxy groups -OCH3 is 1. The molecule has 0 spiro atoms. The lowest BCUT2D eigenvalue weighted by molar-refractivity contribution is -0.123. The van der Waals surface area contributed by atoms with E-state index in [1.807, 2.05) is 0 Å². The second-order valence-electron chi connectivity index (χ2n) is 8.44. The molecule has 1 N–H and O–H groups in total. The van der Waals surface area contributed by atoms with Gasteiger partial charge in [-0.05, 0) is 81.3 Å². The second kappa shape index (κ2) is 12.0. The van der Waals surface area contributed by atoms with E-state index in [-0.39, 0.29) is 30.8 Å². The van der Waals surface area contributed by atoms with E-state index < -0.39 is 11.1 Å². The molecule has 40 heavy (non-hydrogen) atoms. The largest absolute Gasteiger partial charge is 0.493 e. The minimum atomic E-state index is -0.451. The van der Waals surface area contributed by atoms with Crippen LogP contribution in [0.5, 0.6) is 23.0 Å². The van der Waals surface area contributed by atoms with E-state index in [2.05, 4.69) is 21.2 Å². The van der Waals surface area contributed by atoms with E-state index in [0.29, 0.717) is 54.3 Å². The first-order valence-corrected chi connectivity index (χ1v) is 14.0. The van der Waals surface area contributed by atoms with Crippen molar-refractivity contribution in [3.8, 4) is 23.0 Å². The van der Waals surface area contributed by atoms with E-state index in [0.717, 1.165) is 16.7 Å². The number of anilines is 1. The molecule has 9 nitrogen and oxygen atoms in total. The Morgan fingerprint density at radius 3 is 2.60 bits per heavy atom. The molecule has 0 unspecified atom stereocenters. The first-order valence-electron chi connectivity index (χ1n) is 11.6. The van der Waals surface area contributed by atoms with Crippen molar-refractivity contribution in [3.05, 3.63) is 79.1 Å². The maximum atomic E-state index is 13.1. The van der Waals surface area contributed by atoms with E-state index in [9.17, 15) is 14.4 Å². The summed E-state index contributed by atoms with van der Waals surface area (Å²) in [6.07, 6.45) is 1.59. The highest BCUT2D eigenvalue weighted by molar-refractivity contribution is 9.10. The summed E-state index contributed by atoms with van der Waals surface area (Å²) in [5.74, 6) is 0.855. The number of nitrogens with one attached hydrogen (secondary N) is 1. The average molecular weight is 666 g/mol. The summed E-state index contributed by atoms with van der Waals surface area (Å²) in [5.41, 5.74) is 1.69. The van der Waals surface area contributed by atoms with E-state index in [4.69, 9.17) is 42.1 Å². The SMILES string of the molecule is COc1cc(/C=C2/SC(=O)N(Cc3cc4c(cc3Cl)OCO4)C2=O)ccc1OCC(=O)Nc1ccc(Br)c(Cl)c1. The average Bonchev–Trinajstić information content (AvgIpc) is 3.48. The van der Waals surface area contributed by atoms with Gasteiger partial charge in [-0.3, -0.25) is 19.3 Å². The Kier molecular flexibility index (Phi) is 8.46. The van der Waals surface area contributed by atoms with Crippen molar-refractivity contribution in [2.24, 2.45) is 0 Å². The number of hydrogen-bond donors (Lipinski definition) is 1. The Bertz CT molecular complexity index is 1570. The summed E-state index contributed by atoms with van der Waals surface area (Å²) < 4.78 is 22.4. The van der Waals surface area contributed by atoms with Gasteiger partial charge in [-0.2, -0.15) is 0 Å². The molecule has 1 saturated heterocycles. The van der Waals surface area contributed by atoms with Crippen LogP contribution in [0.25, 0.3) is 6.08 Å². The van der Waals surface area contributed by atoms with Crippen molar-refractivity contribution in [1.82, 2.24) is 4.90 Å². The molecule has 2 aliphatic heterocycles. The minimum absolute atomic E-state index is 0.0118. The van der Waals surface area contributed by atoms with E-state index >= 15 is 0 Å². The lowest BCUT2D eigenvalue weighted by Gasteiger charge is -2.14. The molecule has 0 radical (unpaired) electrons. The molecule has 0 aliphatic carbocycles. The molecule has 206 valence electrons. The summed E-state index contributed by atoms with van der Waals surface area (Å²) in [4.78, 5) is 39.4. The van der Waals surface area contributed by atoms with Crippen molar-refractivity contribution in [3.63, 3.8) is 0 Å². The zero-order valence-corrected chi connectivity index (χ0v) is 24.6. The fraction of sp³-hybridized carbons (Fsp3) is 0.148. The Labute approximate surface area is 251 Å². The first-order chi connectivity index (χ1) is 19.2. The van der Waals surface area contributed by atoms with Gasteiger partial charge in [0.15, 0.2) is 29.6 Å². The van der Waals surface area contributed by atoms with Crippen LogP contribution in [0.2, 0.25) is 10.0 Å². The molecule has 0 saturated carbocycles. The topological polar surface area (TPSA) is 103 Å². The molecular weight excluding hydrogens is 647 g/mol. The number of fused-ring (bicyclic) bond motifs is 1. The quantitative estimate of drug-likeness (QED) is 0.264. The smallest absolute Gasteiger partial charge is 0.293 e. The van der Waals surface area contributed by atoms with Crippen molar-refractivity contribution in [1.29, 1.82) is 0 Å². The molecule has 1 fully saturated rings. The number of benzene rings is 3. The van der Waals surface area contributed by atoms with Crippen molar-refractivity contribution in [2.75, 3.05) is 25.8 Å². The molecule has 0 atom stereocenters. The van der Waals surface area contributed by atoms with Gasteiger partial charge in [-0.15, -0.1) is 0 Å². The normalized spacial score (nSPS) is 15.1. The van der Waals surface area contributed by atoms with Crippen LogP contribution in [0, 0.1) is 0 Å². The highest BCUT2D eigenvalue weighted by Crippen LogP contribution is 2.40. The predicted octanol–water partition coefficient (Wildman–Crippen LogP) is 6.75. The van der Waals surface area contributed by atoms with Crippen LogP contribution in [0.15, 0.2) is 57.9 Å². The zero-order valence-electron chi connectivity index (χ0n) is 20.7. The fourth-order valence-corrected chi connectivity index (χ4v) is 5.32. The Morgan fingerprint density at radius 1 is 1.07 bits per heavy atom. The van der Waals surface area contributed by atoms with Crippen molar-refractivity contribution in [2.45, 2.75) is 6.54 Å². The molecule has 5 rings (SSSR count). The molecule has 2 aliphatic rings. The minimum Gasteiger partial charge on any atom is -0.493 e. The summed E-state index contributed by atoms with van der Waals surface area (Å²) in [7, 11) is 1.46. The van der Waals surface area contributed by atoms with Gasteiger partial charge in [-0.25, -0.2) is 0 Å². The van der Waals surface area contributed by atoms with Crippen molar-refractivity contribution >= 4 is 79.7 Å². The van der Waals surface area contributed by atoms with Gasteiger partial charge in [0.25, 0.3) is 17.1 Å². The predicted molar refractivity (Wildman–Crippen MR) is 155 cm³/mol. The standard InChI is InChI=1S/C27H19BrCl2N2O7S/c1-36-21-6-14(2-5-20(21)37-12-25(33)31-16-3-4-17(28)19(30)9-16)7-24-26(34)32(27(35)40-24)11-15-8-22-23(10-18(15)29)39-13-38-22/h2-10H,11-13H2,1H3,(H,31,33)/b24-7+. The maximum Gasteiger partial charge on any atom is 0.293 e. The van der Waals surface area contributed by atoms with Gasteiger partial charge in [0, 0.05) is 21.2 Å². The summed E-state index contributed by atoms with van der Waals surface area (Å²) in [5, 5.41) is 3.11. The third kappa shape index (κ3) is 6.17. The number of thioether (sulfide) groups is 1. The number of carbonyl (C=O) groups excluding carboxylic acids is 3. The monoisotopic (exact) mass is 664 g/mol. The van der Waals surface area contributed by atoms with Crippen LogP contribution in [0.4, 0.5) is 10.5 Å². The lowest BCUT2D eigenvalue weighted by Crippen LogP contribution is -2.27. The molecule has 3 aromatic carbocycles. The molecule has 2 heterocycles. The molecule has 13 heteroatoms. The number of imide groups is 1. The van der Waals surface area contributed by atoms with Crippen LogP contribution in [-0.4, -0.2) is 42.5 Å². The van der Waals surface area contributed by atoms with Crippen LogP contribution < -0.4 is 24.3 Å². The second-order valence-corrected chi connectivity index (χ2v) is 11.1. The number of halogens is 3. The van der Waals surface area contributed by atoms with Gasteiger partial charge in [-0.1, -0.05) is 29.3 Å². The lowest BCUT2D eigenvalue weighted by atomic mass is 10.1. The number of ether oxygens (including phenoxy) is 4. The summed E-state index contributed by atoms with van der Waals surface area (Å²) >= 11 is 16.5. The molecule has 0 aromatic heterocycles. The molecular formula is C27H19BrCl2N2O7S. The number of carbonyl (C=O) groups is 3. The molecule has 3 aromatic rings. The van der Waals surface area contributed by atoms with Crippen LogP contribution in [-0.2, 0) is 16.1 Å². The third-order valence-corrected chi connectivity index (χ3v) is 8.28. The number of rotatable bonds is 8. The van der Waals surface area contributed by atoms with Crippen LogP contribution >= 0.6 is 50.9 Å². The highest BCUT2D eigenvalue weighted by Gasteiger charge is 2.35. The maximum absolute atomic E-state index is 13.1. The highest BCUT2D eigenvalue weighted by atomic mass is 79.9. The Hall–Kier alpha value is -3.38. The van der Waals surface area contributed by atoms with Gasteiger partial charge < -0.3 is 24.3 Å². The fourth-order valence-electron chi connectivity index (χ4n) is 3.85. The molecule has 0 bridgehead atoms. The summed E-state index contributed by atoms with van der Waals surface area (Å²) in [6.45, 7) is -0.200. The van der Waals surface area contributed by atoms with E-state index in [1.54, 1.807) is 54.6 Å². The van der Waals surface area contributed by atoms with Gasteiger partial charge in [0.1, 0.15) is 0 Å². The number of amides is 3. The van der Waals surface area contributed by atoms with Crippen LogP contribution in [0.3, 0.4) is 0 Å². The Morgan fingerprint density at radius 2 is 1.85 bits per heavy atom. The zero-order chi connectivity index (χ0) is 28.4. The first kappa shape index (κ1) is 28.2. The van der Waals surface area contributed by atoms with Crippen molar-refractivity contribution < 1.29 is 33.3 Å². The Balaban J connectivity index is 1.25. The molecule has 3 amide bonds. The van der Waals surface area contributed by atoms with Crippen LogP contribution in [0.1, 0.15) is 11.1 Å². The van der Waals surface area contributed by atoms with Gasteiger partial charge >= 0.3 is 0 Å². The third-order valence-electron chi connectivity index (χ3n) is 5.79. The number of nitrogens with zero attached hydrogens (tertiary/aromatic N) is 1. The van der Waals surface area contributed by atoms with Gasteiger partial charge in [0.05, 0.1) is 23.6 Å². The van der Waals surface area contributed by atoms with E-state index in [1.165, 1.54) is 7.11 Å². The number of hydrogen-bond acceptors (Lipinski definition) is 8. The van der Waals surface area contributed by atoms with Gasteiger partial charge in [0.2, 0.25) is 6.79 Å².